The third kappa shape index (κ3) is 6.27. The van der Waals surface area contributed by atoms with Gasteiger partial charge in [0.25, 0.3) is 0 Å². The zero-order valence-corrected chi connectivity index (χ0v) is 31.0. The Balaban J connectivity index is 1.30. The van der Waals surface area contributed by atoms with Crippen molar-refractivity contribution in [3.63, 3.8) is 0 Å². The lowest BCUT2D eigenvalue weighted by molar-refractivity contribution is 0.393. The predicted molar refractivity (Wildman–Crippen MR) is 209 cm³/mol. The third-order valence-corrected chi connectivity index (χ3v) is 11.0. The van der Waals surface area contributed by atoms with Crippen LogP contribution in [0.15, 0.2) is 90.6 Å². The first-order valence-electron chi connectivity index (χ1n) is 18.9. The van der Waals surface area contributed by atoms with Crippen molar-refractivity contribution >= 4 is 21.8 Å². The van der Waals surface area contributed by atoms with E-state index in [1.807, 2.05) is 6.20 Å². The summed E-state index contributed by atoms with van der Waals surface area (Å²) in [6.45, 7) is 15.8. The van der Waals surface area contributed by atoms with Crippen LogP contribution in [0.4, 0.5) is 0 Å². The van der Waals surface area contributed by atoms with E-state index in [1.165, 1.54) is 65.3 Å². The normalized spacial score (nSPS) is 16.4. The third-order valence-electron chi connectivity index (χ3n) is 11.0. The molecule has 1 unspecified atom stereocenters. The fraction of sp³-hybridized carbons (Fsp3) is 0.378. The van der Waals surface area contributed by atoms with E-state index in [9.17, 15) is 0 Å². The molecule has 0 spiro atoms. The Morgan fingerprint density at radius 2 is 1.70 bits per heavy atom. The molecule has 6 aromatic rings. The highest BCUT2D eigenvalue weighted by atomic mass is 16.5. The van der Waals surface area contributed by atoms with Crippen molar-refractivity contribution in [3.05, 3.63) is 119 Å². The number of para-hydroxylation sites is 1. The molecule has 3 aromatic carbocycles. The molecule has 0 N–H and O–H groups in total. The summed E-state index contributed by atoms with van der Waals surface area (Å²) in [4.78, 5) is 4.86. The number of hydrogen-bond acceptors (Lipinski definition) is 3. The Kier molecular flexibility index (Phi) is 9.68. The maximum absolute atomic E-state index is 6.78. The summed E-state index contributed by atoms with van der Waals surface area (Å²) < 4.78 is 11.2. The molecule has 50 heavy (non-hydrogen) atoms. The van der Waals surface area contributed by atoms with Gasteiger partial charge in [0.05, 0.1) is 22.4 Å². The monoisotopic (exact) mass is 664 g/mol. The van der Waals surface area contributed by atoms with Crippen molar-refractivity contribution < 1.29 is 4.74 Å². The van der Waals surface area contributed by atoms with E-state index in [0.29, 0.717) is 17.8 Å². The minimum Gasteiger partial charge on any atom is -0.457 e. The lowest BCUT2D eigenvalue weighted by atomic mass is 9.72. The quantitative estimate of drug-likeness (QED) is 0.129. The lowest BCUT2D eigenvalue weighted by Gasteiger charge is -2.32. The van der Waals surface area contributed by atoms with Gasteiger partial charge in [0.15, 0.2) is 0 Å². The number of allylic oxidation sites excluding steroid dienone is 2. The summed E-state index contributed by atoms with van der Waals surface area (Å²) in [7, 11) is 0. The van der Waals surface area contributed by atoms with Crippen LogP contribution in [-0.4, -0.2) is 19.3 Å². The van der Waals surface area contributed by atoms with Gasteiger partial charge < -0.3 is 4.74 Å². The Bertz CT molecular complexity index is 2180. The minimum absolute atomic E-state index is 0.335. The second kappa shape index (κ2) is 14.3. The Hall–Kier alpha value is -4.64. The number of fused-ring (bicyclic) bond motifs is 3. The number of rotatable bonds is 11. The fourth-order valence-electron chi connectivity index (χ4n) is 8.30. The van der Waals surface area contributed by atoms with Crippen LogP contribution in [0.1, 0.15) is 113 Å². The van der Waals surface area contributed by atoms with Crippen molar-refractivity contribution in [1.82, 2.24) is 19.3 Å². The molecule has 0 saturated heterocycles. The van der Waals surface area contributed by atoms with Crippen LogP contribution in [0.25, 0.3) is 33.3 Å². The Morgan fingerprint density at radius 1 is 0.880 bits per heavy atom. The van der Waals surface area contributed by atoms with Crippen LogP contribution in [0.2, 0.25) is 0 Å². The molecule has 1 aliphatic rings. The first kappa shape index (κ1) is 33.8. The molecule has 3 aromatic heterocycles. The average molecular weight is 665 g/mol. The minimum atomic E-state index is 0.335. The van der Waals surface area contributed by atoms with E-state index < -0.39 is 0 Å². The van der Waals surface area contributed by atoms with Crippen LogP contribution >= 0.6 is 0 Å². The number of aromatic nitrogens is 4. The predicted octanol–water partition coefficient (Wildman–Crippen LogP) is 12.5. The molecule has 0 saturated carbocycles. The van der Waals surface area contributed by atoms with Gasteiger partial charge in [-0.25, -0.2) is 9.67 Å². The molecule has 0 bridgehead atoms. The SMILES string of the molecule is CCCCc1ccnc(-n2c3ccccc3c3ccc(Oc4cc(C(C)C)cc(-n5nc(C)c([C@H]6C(CC)=CCCC6CC)c5C)c4)cc32)c1. The fourth-order valence-corrected chi connectivity index (χ4v) is 8.30. The molecule has 3 heterocycles. The van der Waals surface area contributed by atoms with E-state index in [0.717, 1.165) is 52.6 Å². The molecule has 0 fully saturated rings. The van der Waals surface area contributed by atoms with Gasteiger partial charge in [-0.05, 0) is 111 Å². The van der Waals surface area contributed by atoms with Crippen LogP contribution in [-0.2, 0) is 6.42 Å². The van der Waals surface area contributed by atoms with Crippen LogP contribution < -0.4 is 4.74 Å². The number of unbranched alkanes of at least 4 members (excludes halogenated alkanes) is 1. The van der Waals surface area contributed by atoms with E-state index >= 15 is 0 Å². The highest BCUT2D eigenvalue weighted by Gasteiger charge is 2.32. The lowest BCUT2D eigenvalue weighted by Crippen LogP contribution is -2.19. The van der Waals surface area contributed by atoms with Gasteiger partial charge in [0, 0.05) is 46.3 Å². The average Bonchev–Trinajstić information content (AvgIpc) is 3.62. The summed E-state index contributed by atoms with van der Waals surface area (Å²) in [5.41, 5.74) is 11.2. The van der Waals surface area contributed by atoms with Gasteiger partial charge in [-0.15, -0.1) is 0 Å². The largest absolute Gasteiger partial charge is 0.457 e. The van der Waals surface area contributed by atoms with E-state index in [2.05, 4.69) is 137 Å². The first-order chi connectivity index (χ1) is 24.3. The summed E-state index contributed by atoms with van der Waals surface area (Å²) in [5, 5.41) is 7.60. The standard InChI is InChI=1S/C45H52N4O/c1-8-11-15-32-22-23-46-43(24-32)48-41-19-13-12-18-39(41)40-21-20-37(28-42(40)48)50-38-26-35(29(4)5)25-36(27-38)49-31(7)44(30(6)47-49)45-33(9-2)16-14-17-34(45)10-3/h12-13,16,18-29,34,45H,8-11,14-15,17H2,1-7H3/t34?,45-/m0/s1. The number of aryl methyl sites for hydroxylation is 2. The molecular weight excluding hydrogens is 613 g/mol. The summed E-state index contributed by atoms with van der Waals surface area (Å²) in [5.74, 6) is 4.00. The Morgan fingerprint density at radius 3 is 2.48 bits per heavy atom. The number of hydrogen-bond donors (Lipinski definition) is 0. The molecule has 0 aliphatic heterocycles. The van der Waals surface area contributed by atoms with Crippen LogP contribution in [0.3, 0.4) is 0 Å². The highest BCUT2D eigenvalue weighted by molar-refractivity contribution is 6.09. The number of ether oxygens (including phenoxy) is 1. The molecule has 1 aliphatic carbocycles. The van der Waals surface area contributed by atoms with Gasteiger partial charge >= 0.3 is 0 Å². The molecule has 7 rings (SSSR count). The van der Waals surface area contributed by atoms with Crippen molar-refractivity contribution in [2.45, 2.75) is 105 Å². The summed E-state index contributed by atoms with van der Waals surface area (Å²) >= 11 is 0. The molecule has 5 heteroatoms. The zero-order valence-electron chi connectivity index (χ0n) is 31.0. The molecule has 5 nitrogen and oxygen atoms in total. The number of pyridine rings is 1. The van der Waals surface area contributed by atoms with Gasteiger partial charge in [0.1, 0.15) is 17.3 Å². The smallest absolute Gasteiger partial charge is 0.137 e. The van der Waals surface area contributed by atoms with E-state index in [4.69, 9.17) is 14.8 Å². The van der Waals surface area contributed by atoms with Crippen molar-refractivity contribution in [2.24, 2.45) is 5.92 Å². The second-order valence-corrected chi connectivity index (χ2v) is 14.5. The summed E-state index contributed by atoms with van der Waals surface area (Å²) in [6, 6.07) is 26.1. The van der Waals surface area contributed by atoms with E-state index in [1.54, 1.807) is 5.57 Å². The number of benzene rings is 3. The van der Waals surface area contributed by atoms with Crippen LogP contribution in [0, 0.1) is 19.8 Å². The topological polar surface area (TPSA) is 44.9 Å². The van der Waals surface area contributed by atoms with Crippen molar-refractivity contribution in [1.29, 1.82) is 0 Å². The molecular formula is C45H52N4O. The highest BCUT2D eigenvalue weighted by Crippen LogP contribution is 2.45. The first-order valence-corrected chi connectivity index (χ1v) is 18.9. The molecule has 2 atom stereocenters. The van der Waals surface area contributed by atoms with Gasteiger partial charge in [-0.3, -0.25) is 4.57 Å². The molecule has 258 valence electrons. The number of nitrogens with zero attached hydrogens (tertiary/aromatic N) is 4. The summed E-state index contributed by atoms with van der Waals surface area (Å²) in [6.07, 6.45) is 12.6. The zero-order chi connectivity index (χ0) is 34.9. The second-order valence-electron chi connectivity index (χ2n) is 14.5. The van der Waals surface area contributed by atoms with Gasteiger partial charge in [-0.1, -0.05) is 77.3 Å². The maximum Gasteiger partial charge on any atom is 0.137 e. The Labute approximate surface area is 298 Å². The molecule has 0 radical (unpaired) electrons. The van der Waals surface area contributed by atoms with Crippen molar-refractivity contribution in [2.75, 3.05) is 0 Å². The molecule has 0 amide bonds. The van der Waals surface area contributed by atoms with Gasteiger partial charge in [0.2, 0.25) is 0 Å². The van der Waals surface area contributed by atoms with Gasteiger partial charge in [-0.2, -0.15) is 5.10 Å². The van der Waals surface area contributed by atoms with Crippen LogP contribution in [0.5, 0.6) is 11.5 Å². The van der Waals surface area contributed by atoms with E-state index in [-0.39, 0.29) is 0 Å². The van der Waals surface area contributed by atoms with Crippen molar-refractivity contribution in [3.8, 4) is 23.0 Å². The maximum atomic E-state index is 6.78.